The minimum atomic E-state index is -0.0261. The van der Waals surface area contributed by atoms with Crippen molar-refractivity contribution in [1.82, 2.24) is 20.0 Å². The highest BCUT2D eigenvalue weighted by molar-refractivity contribution is 5.78. The number of carbonyl (C=O) groups excluding carboxylic acids is 2. The van der Waals surface area contributed by atoms with E-state index in [-0.39, 0.29) is 11.9 Å². The summed E-state index contributed by atoms with van der Waals surface area (Å²) < 4.78 is 5.34. The summed E-state index contributed by atoms with van der Waals surface area (Å²) in [5.74, 6) is 0.857. The molecule has 1 aromatic rings. The van der Waals surface area contributed by atoms with Crippen molar-refractivity contribution >= 4 is 11.9 Å². The molecule has 1 aliphatic heterocycles. The monoisotopic (exact) mass is 348 g/mol. The molecule has 138 valence electrons. The molecule has 7 heteroatoms. The average Bonchev–Trinajstić information content (AvgIpc) is 2.63. The number of nitrogens with one attached hydrogen (secondary N) is 1. The lowest BCUT2D eigenvalue weighted by Gasteiger charge is -2.35. The predicted octanol–water partition coefficient (Wildman–Crippen LogP) is 1.00. The fraction of sp³-hybridized carbons (Fsp3) is 0.556. The molecule has 1 saturated heterocycles. The second-order valence-electron chi connectivity index (χ2n) is 6.16. The number of hydrogen-bond donors (Lipinski definition) is 1. The molecule has 0 atom stereocenters. The SMILES string of the molecule is CCNC(=O)N1CCN(CC(=O)N(C)Cc2ccccc2OC)CC1. The molecule has 0 radical (unpaired) electrons. The largest absolute Gasteiger partial charge is 0.496 e. The van der Waals surface area contributed by atoms with Gasteiger partial charge in [0.05, 0.1) is 13.7 Å². The van der Waals surface area contributed by atoms with Crippen molar-refractivity contribution in [3.05, 3.63) is 29.8 Å². The number of ether oxygens (including phenoxy) is 1. The number of urea groups is 1. The van der Waals surface area contributed by atoms with Crippen LogP contribution in [-0.4, -0.2) is 80.1 Å². The van der Waals surface area contributed by atoms with Gasteiger partial charge in [0, 0.05) is 51.9 Å². The van der Waals surface area contributed by atoms with Crippen LogP contribution in [0.25, 0.3) is 0 Å². The second-order valence-corrected chi connectivity index (χ2v) is 6.16. The molecule has 1 aliphatic rings. The number of rotatable bonds is 6. The summed E-state index contributed by atoms with van der Waals surface area (Å²) in [6.07, 6.45) is 0. The Morgan fingerprint density at radius 1 is 1.20 bits per heavy atom. The maximum atomic E-state index is 12.5. The van der Waals surface area contributed by atoms with Crippen LogP contribution < -0.4 is 10.1 Å². The molecule has 0 saturated carbocycles. The molecular formula is C18H28N4O3. The molecule has 3 amide bonds. The van der Waals surface area contributed by atoms with Gasteiger partial charge in [-0.25, -0.2) is 4.79 Å². The third-order valence-corrected chi connectivity index (χ3v) is 4.37. The maximum absolute atomic E-state index is 12.5. The van der Waals surface area contributed by atoms with Gasteiger partial charge in [0.15, 0.2) is 0 Å². The van der Waals surface area contributed by atoms with Gasteiger partial charge in [0.2, 0.25) is 5.91 Å². The number of carbonyl (C=O) groups is 2. The van der Waals surface area contributed by atoms with Crippen molar-refractivity contribution in [2.75, 3.05) is 53.4 Å². The van der Waals surface area contributed by atoms with Gasteiger partial charge < -0.3 is 19.9 Å². The zero-order chi connectivity index (χ0) is 18.2. The van der Waals surface area contributed by atoms with Crippen LogP contribution in [-0.2, 0) is 11.3 Å². The van der Waals surface area contributed by atoms with Crippen LogP contribution in [0.1, 0.15) is 12.5 Å². The number of hydrogen-bond acceptors (Lipinski definition) is 4. The van der Waals surface area contributed by atoms with Crippen molar-refractivity contribution in [1.29, 1.82) is 0 Å². The van der Waals surface area contributed by atoms with Gasteiger partial charge in [-0.05, 0) is 13.0 Å². The maximum Gasteiger partial charge on any atom is 0.317 e. The number of methoxy groups -OCH3 is 1. The molecule has 25 heavy (non-hydrogen) atoms. The number of piperazine rings is 1. The van der Waals surface area contributed by atoms with Crippen LogP contribution in [0, 0.1) is 0 Å². The number of amides is 3. The summed E-state index contributed by atoms with van der Waals surface area (Å²) in [5, 5.41) is 2.81. The Morgan fingerprint density at radius 2 is 1.88 bits per heavy atom. The molecule has 7 nitrogen and oxygen atoms in total. The van der Waals surface area contributed by atoms with Crippen LogP contribution in [0.2, 0.25) is 0 Å². The Labute approximate surface area is 149 Å². The molecule has 1 fully saturated rings. The van der Waals surface area contributed by atoms with Crippen LogP contribution in [0.4, 0.5) is 4.79 Å². The van der Waals surface area contributed by atoms with Gasteiger partial charge in [-0.2, -0.15) is 0 Å². The molecule has 1 heterocycles. The number of nitrogens with zero attached hydrogens (tertiary/aromatic N) is 3. The third-order valence-electron chi connectivity index (χ3n) is 4.37. The normalized spacial score (nSPS) is 14.9. The molecular weight excluding hydrogens is 320 g/mol. The summed E-state index contributed by atoms with van der Waals surface area (Å²) in [6.45, 7) is 6.15. The molecule has 0 bridgehead atoms. The second kappa shape index (κ2) is 9.27. The first-order chi connectivity index (χ1) is 12.0. The number of benzene rings is 1. The predicted molar refractivity (Wildman–Crippen MR) is 96.6 cm³/mol. The standard InChI is InChI=1S/C18H28N4O3/c1-4-19-18(24)22-11-9-21(10-12-22)14-17(23)20(2)13-15-7-5-6-8-16(15)25-3/h5-8H,4,9-14H2,1-3H3,(H,19,24). The van der Waals surface area contributed by atoms with Crippen LogP contribution in [0.3, 0.4) is 0 Å². The molecule has 0 spiro atoms. The minimum absolute atomic E-state index is 0.0261. The fourth-order valence-corrected chi connectivity index (χ4v) is 2.86. The Kier molecular flexibility index (Phi) is 7.06. The number of para-hydroxylation sites is 1. The summed E-state index contributed by atoms with van der Waals surface area (Å²) in [7, 11) is 3.44. The van der Waals surface area contributed by atoms with Gasteiger partial charge in [0.25, 0.3) is 0 Å². The van der Waals surface area contributed by atoms with E-state index in [4.69, 9.17) is 4.74 Å². The highest BCUT2D eigenvalue weighted by Crippen LogP contribution is 2.18. The Bertz CT molecular complexity index is 585. The van der Waals surface area contributed by atoms with E-state index in [0.717, 1.165) is 11.3 Å². The molecule has 1 aromatic carbocycles. The van der Waals surface area contributed by atoms with Crippen LogP contribution >= 0.6 is 0 Å². The zero-order valence-corrected chi connectivity index (χ0v) is 15.3. The highest BCUT2D eigenvalue weighted by Gasteiger charge is 2.23. The van der Waals surface area contributed by atoms with Crippen LogP contribution in [0.15, 0.2) is 24.3 Å². The average molecular weight is 348 g/mol. The first kappa shape index (κ1) is 19.1. The Morgan fingerprint density at radius 3 is 2.52 bits per heavy atom. The van der Waals surface area contributed by atoms with Gasteiger partial charge in [-0.3, -0.25) is 9.69 Å². The van der Waals surface area contributed by atoms with E-state index in [1.54, 1.807) is 24.0 Å². The smallest absolute Gasteiger partial charge is 0.317 e. The van der Waals surface area contributed by atoms with Crippen molar-refractivity contribution in [2.24, 2.45) is 0 Å². The quantitative estimate of drug-likeness (QED) is 0.833. The molecule has 1 N–H and O–H groups in total. The lowest BCUT2D eigenvalue weighted by molar-refractivity contribution is -0.132. The highest BCUT2D eigenvalue weighted by atomic mass is 16.5. The van der Waals surface area contributed by atoms with Crippen molar-refractivity contribution in [3.63, 3.8) is 0 Å². The van der Waals surface area contributed by atoms with Gasteiger partial charge >= 0.3 is 6.03 Å². The van der Waals surface area contributed by atoms with Gasteiger partial charge in [-0.15, -0.1) is 0 Å². The Hall–Kier alpha value is -2.28. The van der Waals surface area contributed by atoms with E-state index in [2.05, 4.69) is 10.2 Å². The van der Waals surface area contributed by atoms with E-state index in [9.17, 15) is 9.59 Å². The topological polar surface area (TPSA) is 65.1 Å². The third kappa shape index (κ3) is 5.35. The van der Waals surface area contributed by atoms with E-state index in [0.29, 0.717) is 45.8 Å². The van der Waals surface area contributed by atoms with Gasteiger partial charge in [-0.1, -0.05) is 18.2 Å². The number of likely N-dealkylation sites (N-methyl/N-ethyl adjacent to an activating group) is 1. The molecule has 0 unspecified atom stereocenters. The lowest BCUT2D eigenvalue weighted by Crippen LogP contribution is -2.53. The summed E-state index contributed by atoms with van der Waals surface area (Å²) in [4.78, 5) is 29.9. The van der Waals surface area contributed by atoms with Crippen molar-refractivity contribution in [3.8, 4) is 5.75 Å². The molecule has 0 aliphatic carbocycles. The Balaban J connectivity index is 1.81. The first-order valence-corrected chi connectivity index (χ1v) is 8.66. The fourth-order valence-electron chi connectivity index (χ4n) is 2.86. The van der Waals surface area contributed by atoms with Crippen molar-refractivity contribution in [2.45, 2.75) is 13.5 Å². The van der Waals surface area contributed by atoms with E-state index < -0.39 is 0 Å². The van der Waals surface area contributed by atoms with E-state index in [1.165, 1.54) is 0 Å². The summed E-state index contributed by atoms with van der Waals surface area (Å²) in [5.41, 5.74) is 0.988. The lowest BCUT2D eigenvalue weighted by atomic mass is 10.2. The zero-order valence-electron chi connectivity index (χ0n) is 15.3. The summed E-state index contributed by atoms with van der Waals surface area (Å²) >= 11 is 0. The first-order valence-electron chi connectivity index (χ1n) is 8.66. The molecule has 2 rings (SSSR count). The minimum Gasteiger partial charge on any atom is -0.496 e. The molecule has 0 aromatic heterocycles. The summed E-state index contributed by atoms with van der Waals surface area (Å²) in [6, 6.07) is 7.69. The van der Waals surface area contributed by atoms with Crippen molar-refractivity contribution < 1.29 is 14.3 Å². The van der Waals surface area contributed by atoms with Gasteiger partial charge in [0.1, 0.15) is 5.75 Å². The van der Waals surface area contributed by atoms with E-state index in [1.807, 2.05) is 31.2 Å². The van der Waals surface area contributed by atoms with E-state index >= 15 is 0 Å². The van der Waals surface area contributed by atoms with Crippen LogP contribution in [0.5, 0.6) is 5.75 Å².